The van der Waals surface area contributed by atoms with Crippen LogP contribution in [0.4, 0.5) is 5.69 Å². The summed E-state index contributed by atoms with van der Waals surface area (Å²) in [6, 6.07) is 10.2. The van der Waals surface area contributed by atoms with Gasteiger partial charge in [0.1, 0.15) is 0 Å². The molecule has 0 fully saturated rings. The summed E-state index contributed by atoms with van der Waals surface area (Å²) in [6.07, 6.45) is 1.10. The first-order valence-electron chi connectivity index (χ1n) is 5.74. The Hall–Kier alpha value is -1.32. The van der Waals surface area contributed by atoms with Gasteiger partial charge in [-0.15, -0.1) is 10.2 Å². The molecule has 0 radical (unpaired) electrons. The van der Waals surface area contributed by atoms with Crippen molar-refractivity contribution in [3.8, 4) is 0 Å². The van der Waals surface area contributed by atoms with Gasteiger partial charge in [0, 0.05) is 18.5 Å². The molecule has 0 saturated carbocycles. The van der Waals surface area contributed by atoms with Crippen LogP contribution in [0.1, 0.15) is 17.0 Å². The first-order chi connectivity index (χ1) is 8.74. The first kappa shape index (κ1) is 11.8. The van der Waals surface area contributed by atoms with Gasteiger partial charge in [-0.05, 0) is 17.5 Å². The third-order valence-electron chi connectivity index (χ3n) is 3.22. The van der Waals surface area contributed by atoms with Crippen molar-refractivity contribution in [3.63, 3.8) is 0 Å². The molecule has 1 aliphatic rings. The van der Waals surface area contributed by atoms with Gasteiger partial charge in [-0.3, -0.25) is 0 Å². The molecule has 18 heavy (non-hydrogen) atoms. The molecule has 1 N–H and O–H groups in total. The third-order valence-corrected chi connectivity index (χ3v) is 3.68. The highest BCUT2D eigenvalue weighted by Crippen LogP contribution is 2.35. The molecular formula is C13H11Cl2N3. The predicted molar refractivity (Wildman–Crippen MR) is 73.4 cm³/mol. The fourth-order valence-electron chi connectivity index (χ4n) is 2.25. The minimum Gasteiger partial charge on any atom is -0.382 e. The highest BCUT2D eigenvalue weighted by atomic mass is 35.5. The van der Waals surface area contributed by atoms with E-state index < -0.39 is 0 Å². The fraction of sp³-hybridized carbons (Fsp3) is 0.231. The van der Waals surface area contributed by atoms with Crippen molar-refractivity contribution < 1.29 is 0 Å². The average molecular weight is 280 g/mol. The zero-order chi connectivity index (χ0) is 12.5. The Balaban J connectivity index is 1.68. The molecule has 3 rings (SSSR count). The highest BCUT2D eigenvalue weighted by Gasteiger charge is 2.25. The van der Waals surface area contributed by atoms with Crippen LogP contribution in [0.15, 0.2) is 30.3 Å². The van der Waals surface area contributed by atoms with Crippen LogP contribution in [0.5, 0.6) is 0 Å². The molecule has 0 amide bonds. The van der Waals surface area contributed by atoms with E-state index in [0.717, 1.165) is 18.7 Å². The van der Waals surface area contributed by atoms with E-state index in [0.29, 0.717) is 16.2 Å². The summed E-state index contributed by atoms with van der Waals surface area (Å²) in [7, 11) is 0. The lowest BCUT2D eigenvalue weighted by atomic mass is 9.77. The van der Waals surface area contributed by atoms with Gasteiger partial charge in [0.2, 0.25) is 0 Å². The van der Waals surface area contributed by atoms with Crippen LogP contribution in [0.2, 0.25) is 10.3 Å². The van der Waals surface area contributed by atoms with Gasteiger partial charge < -0.3 is 5.32 Å². The van der Waals surface area contributed by atoms with Crippen LogP contribution in [-0.2, 0) is 6.42 Å². The summed E-state index contributed by atoms with van der Waals surface area (Å²) >= 11 is 11.7. The molecule has 1 heterocycles. The second kappa shape index (κ2) is 4.75. The maximum Gasteiger partial charge on any atom is 0.174 e. The lowest BCUT2D eigenvalue weighted by Gasteiger charge is -2.30. The van der Waals surface area contributed by atoms with Crippen molar-refractivity contribution in [1.29, 1.82) is 0 Å². The zero-order valence-electron chi connectivity index (χ0n) is 9.53. The molecule has 2 aromatic rings. The van der Waals surface area contributed by atoms with Crippen LogP contribution in [0, 0.1) is 0 Å². The number of aromatic nitrogens is 2. The van der Waals surface area contributed by atoms with Crippen LogP contribution in [-0.4, -0.2) is 16.7 Å². The number of halogens is 2. The topological polar surface area (TPSA) is 37.8 Å². The molecule has 1 atom stereocenters. The summed E-state index contributed by atoms with van der Waals surface area (Å²) in [5.41, 5.74) is 3.58. The van der Waals surface area contributed by atoms with E-state index in [4.69, 9.17) is 23.2 Å². The number of hydrogen-bond acceptors (Lipinski definition) is 3. The molecular weight excluding hydrogens is 269 g/mol. The summed E-state index contributed by atoms with van der Waals surface area (Å²) in [6.45, 7) is 0.832. The van der Waals surface area contributed by atoms with Crippen molar-refractivity contribution in [3.05, 3.63) is 51.8 Å². The number of hydrogen-bond donors (Lipinski definition) is 1. The van der Waals surface area contributed by atoms with E-state index in [2.05, 4.69) is 39.8 Å². The number of nitrogens with zero attached hydrogens (tertiary/aromatic N) is 2. The average Bonchev–Trinajstić information content (AvgIpc) is 2.34. The summed E-state index contributed by atoms with van der Waals surface area (Å²) in [4.78, 5) is 0. The van der Waals surface area contributed by atoms with Crippen molar-refractivity contribution in [2.45, 2.75) is 12.3 Å². The van der Waals surface area contributed by atoms with Gasteiger partial charge in [0.25, 0.3) is 0 Å². The third kappa shape index (κ3) is 2.16. The van der Waals surface area contributed by atoms with Gasteiger partial charge in [-0.25, -0.2) is 0 Å². The smallest absolute Gasteiger partial charge is 0.174 e. The van der Waals surface area contributed by atoms with Crippen LogP contribution >= 0.6 is 23.2 Å². The minimum atomic E-state index is 0.343. The molecule has 3 nitrogen and oxygen atoms in total. The number of benzene rings is 1. The number of nitrogens with one attached hydrogen (secondary N) is 1. The molecule has 5 heteroatoms. The lowest BCUT2D eigenvalue weighted by molar-refractivity contribution is 0.635. The maximum absolute atomic E-state index is 5.95. The molecule has 1 aromatic heterocycles. The van der Waals surface area contributed by atoms with E-state index in [1.165, 1.54) is 11.1 Å². The molecule has 1 unspecified atom stereocenters. The van der Waals surface area contributed by atoms with Crippen LogP contribution < -0.4 is 5.32 Å². The van der Waals surface area contributed by atoms with Gasteiger partial charge in [-0.2, -0.15) is 0 Å². The molecule has 0 spiro atoms. The molecule has 92 valence electrons. The largest absolute Gasteiger partial charge is 0.382 e. The second-order valence-electron chi connectivity index (χ2n) is 4.35. The number of anilines is 1. The van der Waals surface area contributed by atoms with Gasteiger partial charge in [0.15, 0.2) is 10.3 Å². The highest BCUT2D eigenvalue weighted by molar-refractivity contribution is 6.33. The minimum absolute atomic E-state index is 0.343. The van der Waals surface area contributed by atoms with Crippen molar-refractivity contribution >= 4 is 28.9 Å². The monoisotopic (exact) mass is 279 g/mol. The summed E-state index contributed by atoms with van der Waals surface area (Å²) < 4.78 is 0. The molecule has 1 aliphatic carbocycles. The second-order valence-corrected chi connectivity index (χ2v) is 5.10. The maximum atomic E-state index is 5.95. The van der Waals surface area contributed by atoms with Crippen molar-refractivity contribution in [1.82, 2.24) is 10.2 Å². The zero-order valence-corrected chi connectivity index (χ0v) is 11.0. The van der Waals surface area contributed by atoms with E-state index >= 15 is 0 Å². The van der Waals surface area contributed by atoms with Gasteiger partial charge in [0.05, 0.1) is 5.69 Å². The molecule has 0 aliphatic heterocycles. The summed E-state index contributed by atoms with van der Waals surface area (Å²) in [5.74, 6) is 0.532. The van der Waals surface area contributed by atoms with E-state index in [1.54, 1.807) is 6.07 Å². The number of fused-ring (bicyclic) bond motifs is 1. The van der Waals surface area contributed by atoms with Crippen molar-refractivity contribution in [2.24, 2.45) is 0 Å². The molecule has 0 saturated heterocycles. The Labute approximate surface area is 115 Å². The normalized spacial score (nSPS) is 16.9. The Bertz CT molecular complexity index is 586. The Morgan fingerprint density at radius 1 is 1.22 bits per heavy atom. The Morgan fingerprint density at radius 3 is 2.89 bits per heavy atom. The summed E-state index contributed by atoms with van der Waals surface area (Å²) in [5, 5.41) is 11.4. The first-order valence-corrected chi connectivity index (χ1v) is 6.50. The van der Waals surface area contributed by atoms with E-state index in [1.807, 2.05) is 0 Å². The van der Waals surface area contributed by atoms with Crippen LogP contribution in [0.3, 0.4) is 0 Å². The lowest BCUT2D eigenvalue weighted by Crippen LogP contribution is -2.24. The van der Waals surface area contributed by atoms with E-state index in [-0.39, 0.29) is 0 Å². The molecule has 0 bridgehead atoms. The Morgan fingerprint density at radius 2 is 2.06 bits per heavy atom. The SMILES string of the molecule is Clc1cc(NCC2Cc3ccccc32)c(Cl)nn1. The Kier molecular flexibility index (Phi) is 3.10. The predicted octanol–water partition coefficient (Wildman–Crippen LogP) is 3.54. The fourth-order valence-corrected chi connectivity index (χ4v) is 2.56. The standard InChI is InChI=1S/C13H11Cl2N3/c14-12-6-11(13(15)18-17-12)16-7-9-5-8-3-1-2-4-10(8)9/h1-4,6,9H,5,7H2,(H,16,17). The van der Waals surface area contributed by atoms with Crippen molar-refractivity contribution in [2.75, 3.05) is 11.9 Å². The van der Waals surface area contributed by atoms with Crippen LogP contribution in [0.25, 0.3) is 0 Å². The van der Waals surface area contributed by atoms with Gasteiger partial charge >= 0.3 is 0 Å². The quantitative estimate of drug-likeness (QED) is 0.934. The van der Waals surface area contributed by atoms with Gasteiger partial charge in [-0.1, -0.05) is 47.5 Å². The number of rotatable bonds is 3. The molecule has 1 aromatic carbocycles. The van der Waals surface area contributed by atoms with E-state index in [9.17, 15) is 0 Å².